The van der Waals surface area contributed by atoms with Gasteiger partial charge in [0.1, 0.15) is 16.9 Å². The van der Waals surface area contributed by atoms with E-state index in [1.807, 2.05) is 13.0 Å². The van der Waals surface area contributed by atoms with Crippen molar-refractivity contribution in [1.29, 1.82) is 0 Å². The molecule has 0 bridgehead atoms. The van der Waals surface area contributed by atoms with Crippen LogP contribution in [0.25, 0.3) is 11.0 Å². The molecule has 0 saturated heterocycles. The van der Waals surface area contributed by atoms with Gasteiger partial charge in [-0.3, -0.25) is 5.10 Å². The molecule has 0 amide bonds. The lowest BCUT2D eigenvalue weighted by Gasteiger charge is -2.49. The lowest BCUT2D eigenvalue weighted by atomic mass is 9.65. The van der Waals surface area contributed by atoms with Crippen LogP contribution >= 0.6 is 0 Å². The fraction of sp³-hybridized carbons (Fsp3) is 0.500. The summed E-state index contributed by atoms with van der Waals surface area (Å²) in [5.74, 6) is 0.205. The van der Waals surface area contributed by atoms with E-state index in [1.165, 1.54) is 11.6 Å². The average molecular weight is 411 g/mol. The second kappa shape index (κ2) is 8.82. The largest absolute Gasteiger partial charge is 0.370 e. The number of fused-ring (bicyclic) bond motifs is 1. The first-order valence-corrected chi connectivity index (χ1v) is 10.9. The number of nitrogens with zero attached hydrogens (tertiary/aromatic N) is 3. The normalized spacial score (nSPS) is 24.6. The molecular weight excluding hydrogens is 379 g/mol. The molecule has 3 atom stereocenters. The molecule has 1 heterocycles. The van der Waals surface area contributed by atoms with E-state index in [9.17, 15) is 4.39 Å². The number of hydrogen-bond donors (Lipinski definition) is 1. The first kappa shape index (κ1) is 20.9. The molecule has 4 rings (SSSR count). The molecule has 1 aliphatic rings. The lowest BCUT2D eigenvalue weighted by molar-refractivity contribution is -0.149. The lowest BCUT2D eigenvalue weighted by Crippen LogP contribution is -2.50. The summed E-state index contributed by atoms with van der Waals surface area (Å²) in [4.78, 5) is 2.35. The van der Waals surface area contributed by atoms with Gasteiger partial charge < -0.3 is 9.64 Å². The minimum atomic E-state index is -0.588. The van der Waals surface area contributed by atoms with Gasteiger partial charge in [0.25, 0.3) is 0 Å². The van der Waals surface area contributed by atoms with Crippen molar-refractivity contribution >= 4 is 11.0 Å². The smallest absolute Gasteiger partial charge is 0.125 e. The van der Waals surface area contributed by atoms with E-state index in [1.54, 1.807) is 6.07 Å². The predicted molar refractivity (Wildman–Crippen MR) is 116 cm³/mol. The van der Waals surface area contributed by atoms with Crippen LogP contribution in [0.4, 0.5) is 4.39 Å². The van der Waals surface area contributed by atoms with Gasteiger partial charge in [0.15, 0.2) is 0 Å². The van der Waals surface area contributed by atoms with Crippen molar-refractivity contribution in [2.24, 2.45) is 11.8 Å². The predicted octanol–water partition coefficient (Wildman–Crippen LogP) is 4.90. The highest BCUT2D eigenvalue weighted by molar-refractivity contribution is 5.78. The molecule has 1 aliphatic carbocycles. The summed E-state index contributed by atoms with van der Waals surface area (Å²) in [5, 5.41) is 11.1. The van der Waals surface area contributed by atoms with Gasteiger partial charge in [-0.2, -0.15) is 0 Å². The third kappa shape index (κ3) is 3.86. The Kier molecular flexibility index (Phi) is 6.16. The quantitative estimate of drug-likeness (QED) is 0.602. The van der Waals surface area contributed by atoms with Crippen LogP contribution in [-0.4, -0.2) is 40.5 Å². The van der Waals surface area contributed by atoms with Crippen LogP contribution in [0.2, 0.25) is 0 Å². The Balaban J connectivity index is 1.73. The van der Waals surface area contributed by atoms with Crippen molar-refractivity contribution < 1.29 is 9.13 Å². The number of nitrogens with one attached hydrogen (secondary N) is 1. The van der Waals surface area contributed by atoms with Crippen LogP contribution in [0.3, 0.4) is 0 Å². The van der Waals surface area contributed by atoms with Crippen molar-refractivity contribution in [3.8, 4) is 0 Å². The van der Waals surface area contributed by atoms with Crippen LogP contribution in [0.15, 0.2) is 42.5 Å². The molecule has 2 aromatic carbocycles. The number of rotatable bonds is 7. The number of hydrogen-bond acceptors (Lipinski definition) is 4. The Hall–Kier alpha value is -2.31. The monoisotopic (exact) mass is 410 g/mol. The fourth-order valence-electron chi connectivity index (χ4n) is 5.35. The molecule has 1 aromatic heterocycles. The minimum Gasteiger partial charge on any atom is -0.370 e. The molecule has 1 saturated carbocycles. The first-order valence-electron chi connectivity index (χ1n) is 10.9. The molecule has 0 spiro atoms. The molecule has 5 nitrogen and oxygen atoms in total. The molecule has 3 aromatic rings. The van der Waals surface area contributed by atoms with Crippen molar-refractivity contribution in [2.45, 2.75) is 45.3 Å². The highest BCUT2D eigenvalue weighted by Crippen LogP contribution is 2.50. The highest BCUT2D eigenvalue weighted by Gasteiger charge is 2.49. The van der Waals surface area contributed by atoms with E-state index < -0.39 is 5.60 Å². The van der Waals surface area contributed by atoms with Crippen LogP contribution < -0.4 is 0 Å². The summed E-state index contributed by atoms with van der Waals surface area (Å²) < 4.78 is 21.2. The standard InChI is InChI=1S/C24H31FN4O/c1-4-30-24(21-13-20(25)14-22-23(21)27-28-26-22)17(2)9-8-12-19(24)16-29(3)15-18-10-6-5-7-11-18/h5-7,10-11,13-14,17,19H,4,8-9,12,15-16H2,1-3H3,(H,26,27,28). The van der Waals surface area contributed by atoms with Crippen LogP contribution in [-0.2, 0) is 16.9 Å². The molecule has 0 radical (unpaired) electrons. The molecule has 6 heteroatoms. The zero-order chi connectivity index (χ0) is 21.1. The van der Waals surface area contributed by atoms with Crippen molar-refractivity contribution in [3.05, 3.63) is 59.4 Å². The zero-order valence-corrected chi connectivity index (χ0v) is 18.1. The van der Waals surface area contributed by atoms with Gasteiger partial charge in [-0.15, -0.1) is 5.10 Å². The van der Waals surface area contributed by atoms with Gasteiger partial charge in [-0.1, -0.05) is 48.9 Å². The van der Waals surface area contributed by atoms with Crippen LogP contribution in [0, 0.1) is 17.7 Å². The molecule has 1 fully saturated rings. The Labute approximate surface area is 177 Å². The summed E-state index contributed by atoms with van der Waals surface area (Å²) in [7, 11) is 2.15. The van der Waals surface area contributed by atoms with Crippen LogP contribution in [0.1, 0.15) is 44.2 Å². The van der Waals surface area contributed by atoms with Gasteiger partial charge in [-0.25, -0.2) is 4.39 Å². The summed E-state index contributed by atoms with van der Waals surface area (Å²) in [5.41, 5.74) is 2.87. The van der Waals surface area contributed by atoms with E-state index in [2.05, 4.69) is 58.5 Å². The van der Waals surface area contributed by atoms with Crippen molar-refractivity contribution in [3.63, 3.8) is 0 Å². The molecule has 0 aliphatic heterocycles. The number of H-pyrrole nitrogens is 1. The van der Waals surface area contributed by atoms with E-state index >= 15 is 0 Å². The maximum Gasteiger partial charge on any atom is 0.125 e. The van der Waals surface area contributed by atoms with Gasteiger partial charge >= 0.3 is 0 Å². The third-order valence-electron chi connectivity index (χ3n) is 6.55. The number of ether oxygens (including phenoxy) is 1. The van der Waals surface area contributed by atoms with Gasteiger partial charge in [0.2, 0.25) is 0 Å². The van der Waals surface area contributed by atoms with E-state index in [0.29, 0.717) is 17.6 Å². The molecule has 1 N–H and O–H groups in total. The number of aromatic nitrogens is 3. The summed E-state index contributed by atoms with van der Waals surface area (Å²) in [6.45, 7) is 6.56. The first-order chi connectivity index (χ1) is 14.5. The highest BCUT2D eigenvalue weighted by atomic mass is 19.1. The maximum atomic E-state index is 14.6. The summed E-state index contributed by atoms with van der Waals surface area (Å²) in [6.07, 6.45) is 3.24. The fourth-order valence-corrected chi connectivity index (χ4v) is 5.35. The Morgan fingerprint density at radius 1 is 1.23 bits per heavy atom. The second-order valence-electron chi connectivity index (χ2n) is 8.60. The number of benzene rings is 2. The molecule has 160 valence electrons. The topological polar surface area (TPSA) is 54.0 Å². The summed E-state index contributed by atoms with van der Waals surface area (Å²) in [6, 6.07) is 13.6. The second-order valence-corrected chi connectivity index (χ2v) is 8.60. The molecule has 3 unspecified atom stereocenters. The zero-order valence-electron chi connectivity index (χ0n) is 18.1. The Morgan fingerprint density at radius 2 is 2.03 bits per heavy atom. The van der Waals surface area contributed by atoms with Crippen LogP contribution in [0.5, 0.6) is 0 Å². The Morgan fingerprint density at radius 3 is 2.80 bits per heavy atom. The summed E-state index contributed by atoms with van der Waals surface area (Å²) >= 11 is 0. The Bertz CT molecular complexity index is 976. The van der Waals surface area contributed by atoms with Gasteiger partial charge in [0.05, 0.1) is 5.52 Å². The van der Waals surface area contributed by atoms with E-state index in [-0.39, 0.29) is 17.7 Å². The molecular formula is C24H31FN4O. The SMILES string of the molecule is CCOC1(c2cc(F)cc3[nH]nnc23)C(C)CCCC1CN(C)Cc1ccccc1. The number of halogens is 1. The van der Waals surface area contributed by atoms with Crippen molar-refractivity contribution in [2.75, 3.05) is 20.2 Å². The van der Waals surface area contributed by atoms with Crippen molar-refractivity contribution in [1.82, 2.24) is 20.3 Å². The maximum absolute atomic E-state index is 14.6. The van der Waals surface area contributed by atoms with Gasteiger partial charge in [0, 0.05) is 37.2 Å². The van der Waals surface area contributed by atoms with E-state index in [4.69, 9.17) is 4.74 Å². The number of aromatic amines is 1. The third-order valence-corrected chi connectivity index (χ3v) is 6.55. The molecule has 30 heavy (non-hydrogen) atoms. The van der Waals surface area contributed by atoms with Gasteiger partial charge in [-0.05, 0) is 44.4 Å². The van der Waals surface area contributed by atoms with E-state index in [0.717, 1.165) is 37.9 Å². The minimum absolute atomic E-state index is 0.233. The average Bonchev–Trinajstić information content (AvgIpc) is 3.19.